The third-order valence-electron chi connectivity index (χ3n) is 1.76. The van der Waals surface area contributed by atoms with Gasteiger partial charge in [-0.3, -0.25) is 0 Å². The van der Waals surface area contributed by atoms with Crippen LogP contribution in [0.5, 0.6) is 0 Å². The molecule has 0 radical (unpaired) electrons. The van der Waals surface area contributed by atoms with Crippen LogP contribution in [0.3, 0.4) is 0 Å². The Balaban J connectivity index is 0. The fraction of sp³-hybridized carbons (Fsp3) is 0.300. The summed E-state index contributed by atoms with van der Waals surface area (Å²) in [5, 5.41) is 0. The quantitative estimate of drug-likeness (QED) is 0.444. The summed E-state index contributed by atoms with van der Waals surface area (Å²) in [4.78, 5) is 0. The smallest absolute Gasteiger partial charge is 1.00 e. The maximum Gasteiger partial charge on any atom is 2.00 e. The van der Waals surface area contributed by atoms with E-state index in [4.69, 9.17) is 0 Å². The summed E-state index contributed by atoms with van der Waals surface area (Å²) in [6.45, 7) is 6.18. The number of benzene rings is 1. The fourth-order valence-electron chi connectivity index (χ4n) is 0.961. The first kappa shape index (κ1) is 14.8. The van der Waals surface area contributed by atoms with E-state index in [9.17, 15) is 0 Å². The summed E-state index contributed by atoms with van der Waals surface area (Å²) in [7, 11) is 0. The summed E-state index contributed by atoms with van der Waals surface area (Å²) in [6, 6.07) is 10.4. The Labute approximate surface area is 97.3 Å². The van der Waals surface area contributed by atoms with Crippen molar-refractivity contribution >= 4 is 23.1 Å². The molecule has 0 bridgehead atoms. The number of rotatable bonds is 2. The predicted octanol–water partition coefficient (Wildman–Crippen LogP) is -0.363. The van der Waals surface area contributed by atoms with Gasteiger partial charge in [-0.05, 0) is 0 Å². The van der Waals surface area contributed by atoms with Gasteiger partial charge in [-0.25, -0.2) is 0 Å². The molecule has 0 aliphatic carbocycles. The Morgan fingerprint density at radius 2 is 1.75 bits per heavy atom. The molecule has 0 aliphatic heterocycles. The van der Waals surface area contributed by atoms with E-state index in [-0.39, 0.29) is 35.5 Å². The third kappa shape index (κ3) is 4.34. The van der Waals surface area contributed by atoms with Gasteiger partial charge in [0.05, 0.1) is 0 Å². The van der Waals surface area contributed by atoms with Crippen molar-refractivity contribution in [1.82, 2.24) is 0 Å². The molecule has 62 valence electrons. The number of hydrogen-bond acceptors (Lipinski definition) is 0. The van der Waals surface area contributed by atoms with Gasteiger partial charge in [-0.1, -0.05) is 49.2 Å². The molecule has 1 aromatic carbocycles. The third-order valence-corrected chi connectivity index (χ3v) is 1.76. The van der Waals surface area contributed by atoms with E-state index in [1.807, 2.05) is 6.07 Å². The second-order valence-corrected chi connectivity index (χ2v) is 2.52. The van der Waals surface area contributed by atoms with Crippen LogP contribution in [0.2, 0.25) is 0 Å². The summed E-state index contributed by atoms with van der Waals surface area (Å²) < 4.78 is 0. The van der Waals surface area contributed by atoms with E-state index in [1.54, 1.807) is 0 Å². The van der Waals surface area contributed by atoms with E-state index in [2.05, 4.69) is 38.1 Å². The second kappa shape index (κ2) is 7.90. The Kier molecular flexibility index (Phi) is 9.73. The van der Waals surface area contributed by atoms with Crippen molar-refractivity contribution in [2.45, 2.75) is 19.3 Å². The topological polar surface area (TPSA) is 0 Å². The summed E-state index contributed by atoms with van der Waals surface area (Å²) in [6.07, 6.45) is 1.12. The second-order valence-electron chi connectivity index (χ2n) is 2.52. The van der Waals surface area contributed by atoms with Crippen LogP contribution in [0.15, 0.2) is 30.3 Å². The van der Waals surface area contributed by atoms with Crippen molar-refractivity contribution in [3.8, 4) is 0 Å². The monoisotopic (exact) mass is 192 g/mol. The summed E-state index contributed by atoms with van der Waals surface area (Å²) in [5.74, 6) is 0.459. The molecule has 0 aliphatic rings. The molecular formula is C10H13ClMg. The molecule has 0 saturated carbocycles. The molecule has 1 rings (SSSR count). The minimum Gasteiger partial charge on any atom is -1.00 e. The van der Waals surface area contributed by atoms with Crippen molar-refractivity contribution in [2.75, 3.05) is 0 Å². The number of halogens is 1. The SMILES string of the molecule is [CH2-][C@@H](CC)c1ccccc1.[Cl-].[Mg+2]. The Hall–Kier alpha value is 0.276. The summed E-state index contributed by atoms with van der Waals surface area (Å²) >= 11 is 0. The zero-order valence-electron chi connectivity index (χ0n) is 7.46. The van der Waals surface area contributed by atoms with Crippen LogP contribution in [-0.4, -0.2) is 23.1 Å². The molecule has 0 aromatic heterocycles. The molecule has 0 amide bonds. The van der Waals surface area contributed by atoms with E-state index >= 15 is 0 Å². The Morgan fingerprint density at radius 3 is 2.17 bits per heavy atom. The first-order chi connectivity index (χ1) is 4.84. The fourth-order valence-corrected chi connectivity index (χ4v) is 0.961. The molecular weight excluding hydrogens is 180 g/mol. The zero-order chi connectivity index (χ0) is 7.40. The van der Waals surface area contributed by atoms with Gasteiger partial charge in [0.2, 0.25) is 0 Å². The molecule has 1 aromatic rings. The Morgan fingerprint density at radius 1 is 1.25 bits per heavy atom. The van der Waals surface area contributed by atoms with E-state index in [0.717, 1.165) is 6.42 Å². The minimum atomic E-state index is 0. The van der Waals surface area contributed by atoms with Crippen molar-refractivity contribution in [1.29, 1.82) is 0 Å². The van der Waals surface area contributed by atoms with E-state index < -0.39 is 0 Å². The average Bonchev–Trinajstić information content (AvgIpc) is 2.05. The predicted molar refractivity (Wildman–Crippen MR) is 50.6 cm³/mol. The standard InChI is InChI=1S/C10H13.ClH.Mg/c1-3-9(2)10-7-5-4-6-8-10;;/h4-9H,2-3H2,1H3;1H;/q-1;;+2/p-1/t9-;;/m0../s1. The maximum absolute atomic E-state index is 4.03. The minimum absolute atomic E-state index is 0. The molecule has 12 heavy (non-hydrogen) atoms. The van der Waals surface area contributed by atoms with Crippen LogP contribution < -0.4 is 12.4 Å². The molecule has 0 spiro atoms. The van der Waals surface area contributed by atoms with Gasteiger partial charge in [-0.15, -0.1) is 5.92 Å². The summed E-state index contributed by atoms with van der Waals surface area (Å²) in [5.41, 5.74) is 1.34. The van der Waals surface area contributed by atoms with Crippen molar-refractivity contribution < 1.29 is 12.4 Å². The van der Waals surface area contributed by atoms with Gasteiger partial charge in [-0.2, -0.15) is 0 Å². The van der Waals surface area contributed by atoms with Crippen LogP contribution in [0.4, 0.5) is 0 Å². The van der Waals surface area contributed by atoms with Gasteiger partial charge < -0.3 is 19.3 Å². The van der Waals surface area contributed by atoms with Gasteiger partial charge in [0, 0.05) is 0 Å². The van der Waals surface area contributed by atoms with Gasteiger partial charge >= 0.3 is 23.1 Å². The van der Waals surface area contributed by atoms with Crippen molar-refractivity contribution in [2.24, 2.45) is 0 Å². The first-order valence-electron chi connectivity index (χ1n) is 3.72. The van der Waals surface area contributed by atoms with Crippen molar-refractivity contribution in [3.05, 3.63) is 42.8 Å². The molecule has 0 heterocycles. The average molecular weight is 193 g/mol. The molecule has 0 unspecified atom stereocenters. The largest absolute Gasteiger partial charge is 2.00 e. The van der Waals surface area contributed by atoms with Crippen molar-refractivity contribution in [3.63, 3.8) is 0 Å². The molecule has 0 fully saturated rings. The van der Waals surface area contributed by atoms with E-state index in [0.29, 0.717) is 5.92 Å². The molecule has 0 nitrogen and oxygen atoms in total. The maximum atomic E-state index is 4.03. The van der Waals surface area contributed by atoms with Crippen LogP contribution in [0.1, 0.15) is 24.8 Å². The van der Waals surface area contributed by atoms with Crippen LogP contribution >= 0.6 is 0 Å². The van der Waals surface area contributed by atoms with Crippen LogP contribution in [0, 0.1) is 6.92 Å². The first-order valence-corrected chi connectivity index (χ1v) is 3.72. The molecule has 1 atom stereocenters. The normalized spacial score (nSPS) is 10.8. The van der Waals surface area contributed by atoms with Crippen LogP contribution in [-0.2, 0) is 0 Å². The van der Waals surface area contributed by atoms with Gasteiger partial charge in [0.1, 0.15) is 0 Å². The Bertz CT molecular complexity index is 186. The van der Waals surface area contributed by atoms with Gasteiger partial charge in [0.25, 0.3) is 0 Å². The molecule has 0 N–H and O–H groups in total. The van der Waals surface area contributed by atoms with Crippen LogP contribution in [0.25, 0.3) is 0 Å². The van der Waals surface area contributed by atoms with Gasteiger partial charge in [0.15, 0.2) is 0 Å². The number of hydrogen-bond donors (Lipinski definition) is 0. The zero-order valence-corrected chi connectivity index (χ0v) is 9.63. The molecule has 0 saturated heterocycles. The molecule has 2 heteroatoms. The van der Waals surface area contributed by atoms with E-state index in [1.165, 1.54) is 5.56 Å².